The first-order chi connectivity index (χ1) is 28.4. The fourth-order valence-corrected chi connectivity index (χ4v) is 7.76. The Morgan fingerprint density at radius 3 is 1.46 bits per heavy atom. The van der Waals surface area contributed by atoms with Gasteiger partial charge in [0.15, 0.2) is 6.10 Å². The van der Waals surface area contributed by atoms with E-state index < -0.39 is 75.7 Å². The number of phosphoric acid groups is 1. The van der Waals surface area contributed by atoms with E-state index in [0.29, 0.717) is 19.3 Å². The molecule has 0 saturated heterocycles. The van der Waals surface area contributed by atoms with Gasteiger partial charge in [-0.3, -0.25) is 18.6 Å². The molecule has 0 amide bonds. The average Bonchev–Trinajstić information content (AvgIpc) is 3.21. The first-order valence-corrected chi connectivity index (χ1v) is 24.3. The quantitative estimate of drug-likeness (QED) is 0.0150. The Morgan fingerprint density at radius 2 is 0.949 bits per heavy atom. The van der Waals surface area contributed by atoms with E-state index >= 15 is 0 Å². The Balaban J connectivity index is 2.52. The number of aliphatic hydroxyl groups excluding tert-OH is 5. The summed E-state index contributed by atoms with van der Waals surface area (Å²) >= 11 is 0. The lowest BCUT2D eigenvalue weighted by atomic mass is 9.85. The van der Waals surface area contributed by atoms with Crippen LogP contribution in [-0.2, 0) is 32.7 Å². The molecule has 344 valence electrons. The van der Waals surface area contributed by atoms with E-state index in [-0.39, 0.29) is 12.8 Å². The lowest BCUT2D eigenvalue weighted by molar-refractivity contribution is -0.220. The molecule has 1 aliphatic rings. The van der Waals surface area contributed by atoms with Crippen molar-refractivity contribution in [2.24, 2.45) is 0 Å². The van der Waals surface area contributed by atoms with Crippen LogP contribution in [0, 0.1) is 0 Å². The van der Waals surface area contributed by atoms with Gasteiger partial charge in [0.25, 0.3) is 0 Å². The zero-order valence-electron chi connectivity index (χ0n) is 36.3. The van der Waals surface area contributed by atoms with E-state index in [9.17, 15) is 44.6 Å². The van der Waals surface area contributed by atoms with Crippen LogP contribution >= 0.6 is 7.82 Å². The van der Waals surface area contributed by atoms with Crippen molar-refractivity contribution in [2.45, 2.75) is 224 Å². The highest BCUT2D eigenvalue weighted by atomic mass is 31.2. The Hall–Kier alpha value is -1.93. The second-order valence-electron chi connectivity index (χ2n) is 15.9. The molecule has 0 aromatic heterocycles. The van der Waals surface area contributed by atoms with Crippen LogP contribution in [0.4, 0.5) is 0 Å². The Kier molecular flexibility index (Phi) is 33.3. The van der Waals surface area contributed by atoms with E-state index in [1.807, 2.05) is 12.2 Å². The van der Waals surface area contributed by atoms with E-state index in [4.69, 9.17) is 18.5 Å². The number of aliphatic hydroxyl groups is 5. The van der Waals surface area contributed by atoms with Crippen molar-refractivity contribution < 1.29 is 63.1 Å². The monoisotopic (exact) mass is 861 g/mol. The number of carbonyl (C=O) groups excluding carboxylic acids is 2. The molecule has 0 aromatic carbocycles. The summed E-state index contributed by atoms with van der Waals surface area (Å²) in [6.45, 7) is 3.24. The number of phosphoric ester groups is 1. The minimum Gasteiger partial charge on any atom is -0.462 e. The molecule has 0 aliphatic heterocycles. The SMILES string of the molecule is CCCCCCCCCC=CCC=CCC=CCCC(=O)OC(COC(=O)CCCCCCCCCCCCCCC)COP(=O)(O)OC1C(O)C(O)C(O)C(O)C1O. The zero-order chi connectivity index (χ0) is 43.6. The number of rotatable bonds is 37. The van der Waals surface area contributed by atoms with Gasteiger partial charge >= 0.3 is 19.8 Å². The molecule has 0 radical (unpaired) electrons. The lowest BCUT2D eigenvalue weighted by Gasteiger charge is -2.41. The van der Waals surface area contributed by atoms with Crippen LogP contribution in [-0.4, -0.2) is 98.3 Å². The number of ether oxygens (including phenoxy) is 2. The maximum atomic E-state index is 12.8. The Morgan fingerprint density at radius 1 is 0.525 bits per heavy atom. The Bertz CT molecular complexity index is 1180. The van der Waals surface area contributed by atoms with Crippen LogP contribution in [0.1, 0.15) is 181 Å². The second kappa shape index (κ2) is 35.6. The van der Waals surface area contributed by atoms with Gasteiger partial charge in [-0.25, -0.2) is 4.57 Å². The molecule has 6 unspecified atom stereocenters. The maximum Gasteiger partial charge on any atom is 0.472 e. The maximum absolute atomic E-state index is 12.8. The summed E-state index contributed by atoms with van der Waals surface area (Å²) in [7, 11) is -5.13. The number of hydrogen-bond donors (Lipinski definition) is 6. The third-order valence-corrected chi connectivity index (χ3v) is 11.5. The van der Waals surface area contributed by atoms with Gasteiger partial charge in [0.1, 0.15) is 43.2 Å². The third kappa shape index (κ3) is 28.3. The van der Waals surface area contributed by atoms with Crippen LogP contribution in [0.15, 0.2) is 36.5 Å². The van der Waals surface area contributed by atoms with E-state index in [0.717, 1.165) is 32.1 Å². The Labute approximate surface area is 355 Å². The number of hydrogen-bond acceptors (Lipinski definition) is 12. The summed E-state index contributed by atoms with van der Waals surface area (Å²) in [6, 6.07) is 0. The van der Waals surface area contributed by atoms with E-state index in [1.165, 1.54) is 103 Å². The molecular formula is C45H81O13P. The fraction of sp³-hybridized carbons (Fsp3) is 0.822. The molecule has 6 atom stereocenters. The van der Waals surface area contributed by atoms with Gasteiger partial charge in [-0.1, -0.05) is 166 Å². The number of allylic oxidation sites excluding steroid dienone is 6. The van der Waals surface area contributed by atoms with Crippen LogP contribution in [0.25, 0.3) is 0 Å². The molecule has 1 saturated carbocycles. The average molecular weight is 861 g/mol. The fourth-order valence-electron chi connectivity index (χ4n) is 6.79. The van der Waals surface area contributed by atoms with Crippen molar-refractivity contribution in [2.75, 3.05) is 13.2 Å². The van der Waals surface area contributed by atoms with Gasteiger partial charge in [-0.15, -0.1) is 0 Å². The van der Waals surface area contributed by atoms with Crippen molar-refractivity contribution in [1.29, 1.82) is 0 Å². The molecule has 0 spiro atoms. The van der Waals surface area contributed by atoms with Gasteiger partial charge in [0.05, 0.1) is 6.61 Å². The zero-order valence-corrected chi connectivity index (χ0v) is 37.2. The predicted molar refractivity (Wildman–Crippen MR) is 230 cm³/mol. The number of unbranched alkanes of at least 4 members (excludes halogenated alkanes) is 19. The summed E-state index contributed by atoms with van der Waals surface area (Å²) in [5.74, 6) is -1.18. The van der Waals surface area contributed by atoms with Gasteiger partial charge in [-0.2, -0.15) is 0 Å². The first kappa shape index (κ1) is 55.1. The van der Waals surface area contributed by atoms with Crippen LogP contribution in [0.3, 0.4) is 0 Å². The summed E-state index contributed by atoms with van der Waals surface area (Å²) < 4.78 is 33.4. The van der Waals surface area contributed by atoms with Crippen molar-refractivity contribution in [3.8, 4) is 0 Å². The molecule has 13 nitrogen and oxygen atoms in total. The first-order valence-electron chi connectivity index (χ1n) is 22.8. The molecule has 1 aliphatic carbocycles. The van der Waals surface area contributed by atoms with Gasteiger partial charge in [0, 0.05) is 12.8 Å². The molecule has 1 fully saturated rings. The van der Waals surface area contributed by atoms with E-state index in [2.05, 4.69) is 38.2 Å². The summed E-state index contributed by atoms with van der Waals surface area (Å²) in [5.41, 5.74) is 0. The molecule has 0 heterocycles. The number of esters is 2. The second-order valence-corrected chi connectivity index (χ2v) is 17.3. The van der Waals surface area contributed by atoms with Gasteiger partial charge in [-0.05, 0) is 38.5 Å². The van der Waals surface area contributed by atoms with Crippen LogP contribution in [0.2, 0.25) is 0 Å². The van der Waals surface area contributed by atoms with Crippen LogP contribution in [0.5, 0.6) is 0 Å². The molecule has 6 N–H and O–H groups in total. The van der Waals surface area contributed by atoms with Gasteiger partial charge in [0.2, 0.25) is 0 Å². The smallest absolute Gasteiger partial charge is 0.462 e. The van der Waals surface area contributed by atoms with Gasteiger partial charge < -0.3 is 39.9 Å². The molecule has 1 rings (SSSR count). The molecule has 0 aromatic rings. The molecular weight excluding hydrogens is 779 g/mol. The summed E-state index contributed by atoms with van der Waals surface area (Å²) in [4.78, 5) is 35.6. The highest BCUT2D eigenvalue weighted by Crippen LogP contribution is 2.47. The number of carbonyl (C=O) groups is 2. The predicted octanol–water partition coefficient (Wildman–Crippen LogP) is 8.61. The summed E-state index contributed by atoms with van der Waals surface area (Å²) in [5, 5.41) is 50.1. The van der Waals surface area contributed by atoms with Crippen molar-refractivity contribution in [1.82, 2.24) is 0 Å². The molecule has 14 heteroatoms. The standard InChI is InChI=1S/C45H81O13P/c1-3-5-7-9-11-13-15-17-18-19-20-22-24-26-28-30-32-34-39(47)57-37(36-56-59(53,54)58-45-43(51)41(49)40(48)42(50)44(45)52)35-55-38(46)33-31-29-27-25-23-21-16-14-12-10-8-6-4-2/h18-19,22,24,28,30,37,40-45,48-52H,3-17,20-21,23,25-27,29,31-36H2,1-2H3,(H,53,54). The van der Waals surface area contributed by atoms with Crippen molar-refractivity contribution in [3.05, 3.63) is 36.5 Å². The van der Waals surface area contributed by atoms with Crippen molar-refractivity contribution in [3.63, 3.8) is 0 Å². The summed E-state index contributed by atoms with van der Waals surface area (Å²) in [6.07, 6.45) is 26.5. The van der Waals surface area contributed by atoms with E-state index in [1.54, 1.807) is 0 Å². The largest absolute Gasteiger partial charge is 0.472 e. The molecule has 0 bridgehead atoms. The van der Waals surface area contributed by atoms with Crippen molar-refractivity contribution >= 4 is 19.8 Å². The topological polar surface area (TPSA) is 210 Å². The highest BCUT2D eigenvalue weighted by Gasteiger charge is 2.51. The molecule has 59 heavy (non-hydrogen) atoms. The normalized spacial score (nSPS) is 22.6. The van der Waals surface area contributed by atoms with Crippen LogP contribution < -0.4 is 0 Å². The minimum absolute atomic E-state index is 0.0171. The lowest BCUT2D eigenvalue weighted by Crippen LogP contribution is -2.64. The minimum atomic E-state index is -5.13. The third-order valence-electron chi connectivity index (χ3n) is 10.5. The highest BCUT2D eigenvalue weighted by molar-refractivity contribution is 7.47.